The van der Waals surface area contributed by atoms with Crippen molar-refractivity contribution in [2.75, 3.05) is 19.8 Å². The quantitative estimate of drug-likeness (QED) is 0.149. The van der Waals surface area contributed by atoms with E-state index < -0.39 is 92.6 Å². The Kier molecular flexibility index (Phi) is 14.5. The number of Topliss-reactive ketones (excluding diaryl/α,β-unsaturated/α-hetero) is 1. The molecule has 8 fully saturated rings. The monoisotopic (exact) mass is 1000 g/mol. The highest BCUT2D eigenvalue weighted by Gasteiger charge is 2.71. The van der Waals surface area contributed by atoms with E-state index in [1.54, 1.807) is 24.3 Å². The summed E-state index contributed by atoms with van der Waals surface area (Å²) in [5.41, 5.74) is -0.381. The Morgan fingerprint density at radius 2 is 1.46 bits per heavy atom. The third-order valence-electron chi connectivity index (χ3n) is 18.2. The van der Waals surface area contributed by atoms with Crippen molar-refractivity contribution < 1.29 is 86.6 Å². The smallest absolute Gasteiger partial charge is 0.407 e. The van der Waals surface area contributed by atoms with Gasteiger partial charge in [0.2, 0.25) is 0 Å². The van der Waals surface area contributed by atoms with Gasteiger partial charge < -0.3 is 82.9 Å². The van der Waals surface area contributed by atoms with Gasteiger partial charge in [-0.25, -0.2) is 9.59 Å². The summed E-state index contributed by atoms with van der Waals surface area (Å²) >= 11 is 0. The van der Waals surface area contributed by atoms with Gasteiger partial charge in [-0.3, -0.25) is 4.79 Å². The summed E-state index contributed by atoms with van der Waals surface area (Å²) in [6, 6.07) is 6.54. The van der Waals surface area contributed by atoms with Gasteiger partial charge in [0.15, 0.2) is 24.5 Å². The standard InChI is InChI=1S/C51H72N2O18/c1-25-11-14-51(65-23-25)26(2)37-34(71-51)18-32-31-10-9-27-17-28(12-13-49(27,3)38(31)33(55)19-50(32,37)4)66-45-41(58)39(56)43(35(22-54)67-45)69-46-42(59)40(57)44(70-48(61)53-21-30-8-6-16-63-30)36(68-46)24-64-47(60)52-20-29-7-5-15-62-29/h5-8,15-16,25-28,31-32,34-46,54,56-59H,9-14,17-24H2,1-4H3,(H,52,60)(H,53,61)/t25-,26?,27+,28+,31+,32+,34?,35-,36-,37?,38-,39-,40-,41-,42-,43-,44-,45-,46+,49+,50+,51-/m1/s1. The minimum atomic E-state index is -1.92. The van der Waals surface area contributed by atoms with Gasteiger partial charge in [-0.05, 0) is 110 Å². The number of carbonyl (C=O) groups is 3. The second kappa shape index (κ2) is 20.2. The molecule has 2 aromatic heterocycles. The maximum absolute atomic E-state index is 14.7. The number of fused-ring (bicyclic) bond motifs is 7. The van der Waals surface area contributed by atoms with Gasteiger partial charge in [-0.1, -0.05) is 27.7 Å². The molecule has 0 aromatic carbocycles. The van der Waals surface area contributed by atoms with Crippen molar-refractivity contribution in [1.82, 2.24) is 10.6 Å². The van der Waals surface area contributed by atoms with E-state index in [9.17, 15) is 39.9 Å². The molecule has 20 heteroatoms. The fourth-order valence-electron chi connectivity index (χ4n) is 14.7. The first kappa shape index (κ1) is 50.8. The summed E-state index contributed by atoms with van der Waals surface area (Å²) in [5.74, 6) is 2.45. The fraction of sp³-hybridized carbons (Fsp3) is 0.784. The Labute approximate surface area is 412 Å². The van der Waals surface area contributed by atoms with Crippen molar-refractivity contribution >= 4 is 18.0 Å². The van der Waals surface area contributed by atoms with Crippen LogP contribution in [0.5, 0.6) is 0 Å². The van der Waals surface area contributed by atoms with Gasteiger partial charge in [0.05, 0.1) is 51.0 Å². The lowest BCUT2D eigenvalue weighted by atomic mass is 9.44. The van der Waals surface area contributed by atoms with Crippen LogP contribution < -0.4 is 10.6 Å². The Hall–Kier alpha value is -3.67. The van der Waals surface area contributed by atoms with Crippen LogP contribution in [-0.2, 0) is 55.8 Å². The van der Waals surface area contributed by atoms with E-state index in [0.717, 1.165) is 38.5 Å². The molecule has 7 N–H and O–H groups in total. The van der Waals surface area contributed by atoms with Crippen molar-refractivity contribution in [1.29, 1.82) is 0 Å². The summed E-state index contributed by atoms with van der Waals surface area (Å²) in [6.45, 7) is 8.46. The van der Waals surface area contributed by atoms with Gasteiger partial charge in [0, 0.05) is 24.7 Å². The highest BCUT2D eigenvalue weighted by molar-refractivity contribution is 5.84. The molecule has 2 amide bonds. The minimum absolute atomic E-state index is 0.00902. The van der Waals surface area contributed by atoms with Crippen LogP contribution in [0.25, 0.3) is 0 Å². The number of aliphatic hydroxyl groups is 5. The van der Waals surface area contributed by atoms with Crippen LogP contribution in [0, 0.1) is 52.3 Å². The lowest BCUT2D eigenvalue weighted by molar-refractivity contribution is -0.363. The summed E-state index contributed by atoms with van der Waals surface area (Å²) in [6.07, 6.45) is -8.34. The van der Waals surface area contributed by atoms with Crippen LogP contribution in [0.2, 0.25) is 0 Å². The second-order valence-corrected chi connectivity index (χ2v) is 22.3. The number of hydrogen-bond acceptors (Lipinski definition) is 18. The molecule has 2 aromatic rings. The largest absolute Gasteiger partial charge is 0.467 e. The van der Waals surface area contributed by atoms with Crippen molar-refractivity contribution in [2.24, 2.45) is 52.3 Å². The highest BCUT2D eigenvalue weighted by atomic mass is 16.8. The molecule has 4 saturated carbocycles. The predicted molar refractivity (Wildman–Crippen MR) is 243 cm³/mol. The number of ether oxygens (including phenoxy) is 8. The zero-order valence-corrected chi connectivity index (χ0v) is 40.9. The van der Waals surface area contributed by atoms with E-state index in [0.29, 0.717) is 55.0 Å². The molecule has 4 aliphatic carbocycles. The van der Waals surface area contributed by atoms with E-state index in [2.05, 4.69) is 38.3 Å². The van der Waals surface area contributed by atoms with Gasteiger partial charge in [0.1, 0.15) is 66.6 Å². The molecule has 71 heavy (non-hydrogen) atoms. The van der Waals surface area contributed by atoms with Crippen molar-refractivity contribution in [3.05, 3.63) is 48.3 Å². The molecule has 4 aliphatic heterocycles. The van der Waals surface area contributed by atoms with Gasteiger partial charge in [0.25, 0.3) is 0 Å². The first-order chi connectivity index (χ1) is 34.0. The molecule has 1 spiro atoms. The Morgan fingerprint density at radius 1 is 0.789 bits per heavy atom. The van der Waals surface area contributed by atoms with E-state index in [-0.39, 0.29) is 65.7 Å². The normalized spacial score (nSPS) is 46.1. The molecule has 6 heterocycles. The van der Waals surface area contributed by atoms with Crippen LogP contribution in [0.3, 0.4) is 0 Å². The SMILES string of the molecule is CC1C2C(C[C@H]3[C@@H]4CC[C@H]5C[C@@H](O[C@@H]6O[C@H](CO)[C@@H](O[C@@H]7O[C@H](COC(=O)NCc8ccco8)[C@@H](OC(=O)NCc8ccco8)[C@H](O)[C@H]7O)[C@H](O)[C@H]6O)CC[C@]5(C)[C@H]4C(=O)C[C@]23C)O[C@]12CC[C@@H](C)CO2. The van der Waals surface area contributed by atoms with Gasteiger partial charge >= 0.3 is 12.2 Å². The highest BCUT2D eigenvalue weighted by Crippen LogP contribution is 2.70. The number of rotatable bonds is 12. The maximum Gasteiger partial charge on any atom is 0.407 e. The van der Waals surface area contributed by atoms with Crippen molar-refractivity contribution in [3.8, 4) is 0 Å². The number of aliphatic hydroxyl groups excluding tert-OH is 5. The Morgan fingerprint density at radius 3 is 2.13 bits per heavy atom. The number of nitrogens with one attached hydrogen (secondary N) is 2. The molecule has 8 aliphatic rings. The van der Waals surface area contributed by atoms with Crippen LogP contribution in [0.15, 0.2) is 45.6 Å². The maximum atomic E-state index is 14.7. The number of hydrogen-bond donors (Lipinski definition) is 7. The van der Waals surface area contributed by atoms with E-state index in [1.807, 2.05) is 0 Å². The first-order valence-corrected chi connectivity index (χ1v) is 25.7. The third-order valence-corrected chi connectivity index (χ3v) is 18.2. The Balaban J connectivity index is 0.761. The second-order valence-electron chi connectivity index (χ2n) is 22.3. The van der Waals surface area contributed by atoms with Crippen LogP contribution in [0.1, 0.15) is 97.0 Å². The summed E-state index contributed by atoms with van der Waals surface area (Å²) in [7, 11) is 0. The predicted octanol–water partition coefficient (Wildman–Crippen LogP) is 3.68. The summed E-state index contributed by atoms with van der Waals surface area (Å²) in [5, 5.41) is 61.3. The molecule has 20 nitrogen and oxygen atoms in total. The van der Waals surface area contributed by atoms with E-state index in [1.165, 1.54) is 12.5 Å². The average Bonchev–Trinajstić information content (AvgIpc) is 4.17. The first-order valence-electron chi connectivity index (χ1n) is 25.7. The van der Waals surface area contributed by atoms with E-state index in [4.69, 9.17) is 46.7 Å². The van der Waals surface area contributed by atoms with Crippen molar-refractivity contribution in [2.45, 2.75) is 178 Å². The number of furan rings is 2. The third kappa shape index (κ3) is 9.46. The zero-order chi connectivity index (χ0) is 50.0. The molecule has 394 valence electrons. The van der Waals surface area contributed by atoms with Crippen molar-refractivity contribution in [3.63, 3.8) is 0 Å². The molecule has 10 rings (SSSR count). The van der Waals surface area contributed by atoms with Gasteiger partial charge in [-0.2, -0.15) is 0 Å². The lowest BCUT2D eigenvalue weighted by Gasteiger charge is -2.60. The molecule has 4 saturated heterocycles. The van der Waals surface area contributed by atoms with Crippen LogP contribution in [-0.4, -0.2) is 143 Å². The number of ketones is 1. The summed E-state index contributed by atoms with van der Waals surface area (Å²) < 4.78 is 59.2. The number of amides is 2. The number of alkyl carbamates (subject to hydrolysis) is 2. The molecule has 22 atom stereocenters. The van der Waals surface area contributed by atoms with Gasteiger partial charge in [-0.15, -0.1) is 0 Å². The minimum Gasteiger partial charge on any atom is -0.467 e. The zero-order valence-electron chi connectivity index (χ0n) is 40.9. The molecular formula is C51H72N2O18. The van der Waals surface area contributed by atoms with Crippen LogP contribution in [0.4, 0.5) is 9.59 Å². The van der Waals surface area contributed by atoms with E-state index >= 15 is 0 Å². The average molecular weight is 1000 g/mol. The molecular weight excluding hydrogens is 929 g/mol. The molecule has 0 bridgehead atoms. The topological polar surface area (TPSA) is 277 Å². The molecule has 3 unspecified atom stereocenters. The summed E-state index contributed by atoms with van der Waals surface area (Å²) in [4.78, 5) is 40.2. The number of carbonyl (C=O) groups excluding carboxylic acids is 3. The Bertz CT molecular complexity index is 2150. The molecule has 0 radical (unpaired) electrons. The van der Waals surface area contributed by atoms with Crippen LogP contribution >= 0.6 is 0 Å². The lowest BCUT2D eigenvalue weighted by Crippen LogP contribution is -2.65. The fourth-order valence-corrected chi connectivity index (χ4v) is 14.7.